The van der Waals surface area contributed by atoms with Crippen molar-refractivity contribution in [2.75, 3.05) is 19.7 Å². The molecule has 0 aliphatic heterocycles. The summed E-state index contributed by atoms with van der Waals surface area (Å²) in [5.74, 6) is 0.732. The van der Waals surface area contributed by atoms with Crippen LogP contribution in [-0.2, 0) is 6.54 Å². The molecule has 120 valence electrons. The molecule has 0 aliphatic rings. The highest BCUT2D eigenvalue weighted by Gasteiger charge is 2.13. The molecule has 0 aromatic carbocycles. The third-order valence-electron chi connectivity index (χ3n) is 3.49. The Morgan fingerprint density at radius 3 is 2.43 bits per heavy atom. The molecular formula is C17H31N3O. The Balaban J connectivity index is 2.56. The molecule has 4 nitrogen and oxygen atoms in total. The lowest BCUT2D eigenvalue weighted by Gasteiger charge is -2.30. The highest BCUT2D eigenvalue weighted by Crippen LogP contribution is 2.13. The number of aromatic nitrogens is 1. The van der Waals surface area contributed by atoms with Gasteiger partial charge in [0.05, 0.1) is 0 Å². The average Bonchev–Trinajstić information content (AvgIpc) is 2.40. The van der Waals surface area contributed by atoms with E-state index < -0.39 is 0 Å². The summed E-state index contributed by atoms with van der Waals surface area (Å²) in [6, 6.07) is 5.20. The molecule has 1 rings (SSSR count). The van der Waals surface area contributed by atoms with Crippen molar-refractivity contribution in [1.29, 1.82) is 0 Å². The lowest BCUT2D eigenvalue weighted by molar-refractivity contribution is 0.140. The van der Waals surface area contributed by atoms with Gasteiger partial charge in [0.15, 0.2) is 0 Å². The first kappa shape index (κ1) is 17.9. The molecule has 0 saturated heterocycles. The Kier molecular flexibility index (Phi) is 7.68. The molecule has 0 bridgehead atoms. The largest absolute Gasteiger partial charge is 0.476 e. The van der Waals surface area contributed by atoms with Crippen LogP contribution in [0, 0.1) is 6.92 Å². The summed E-state index contributed by atoms with van der Waals surface area (Å²) < 4.78 is 5.86. The lowest BCUT2D eigenvalue weighted by Crippen LogP contribution is -2.39. The van der Waals surface area contributed by atoms with Gasteiger partial charge in [0.2, 0.25) is 5.88 Å². The third kappa shape index (κ3) is 6.44. The van der Waals surface area contributed by atoms with Gasteiger partial charge in [0, 0.05) is 36.9 Å². The second-order valence-electron chi connectivity index (χ2n) is 6.01. The van der Waals surface area contributed by atoms with E-state index in [2.05, 4.69) is 55.9 Å². The number of aryl methyl sites for hydroxylation is 1. The van der Waals surface area contributed by atoms with Crippen LogP contribution in [0.3, 0.4) is 0 Å². The minimum atomic E-state index is 0.531. The normalized spacial score (nSPS) is 11.7. The van der Waals surface area contributed by atoms with Gasteiger partial charge < -0.3 is 10.1 Å². The number of ether oxygens (including phenoxy) is 1. The molecule has 21 heavy (non-hydrogen) atoms. The zero-order chi connectivity index (χ0) is 15.8. The summed E-state index contributed by atoms with van der Waals surface area (Å²) in [7, 11) is 0. The molecule has 1 heterocycles. The average molecular weight is 293 g/mol. The second kappa shape index (κ2) is 9.00. The van der Waals surface area contributed by atoms with Crippen LogP contribution in [-0.4, -0.2) is 41.7 Å². The van der Waals surface area contributed by atoms with E-state index in [1.807, 2.05) is 13.0 Å². The van der Waals surface area contributed by atoms with Crippen molar-refractivity contribution in [3.63, 3.8) is 0 Å². The molecular weight excluding hydrogens is 262 g/mol. The Morgan fingerprint density at radius 1 is 1.19 bits per heavy atom. The zero-order valence-electron chi connectivity index (χ0n) is 14.4. The predicted molar refractivity (Wildman–Crippen MR) is 88.8 cm³/mol. The monoisotopic (exact) mass is 293 g/mol. The highest BCUT2D eigenvalue weighted by molar-refractivity contribution is 5.24. The van der Waals surface area contributed by atoms with Crippen molar-refractivity contribution in [3.05, 3.63) is 23.4 Å². The summed E-state index contributed by atoms with van der Waals surface area (Å²) in [6.07, 6.45) is 0. The van der Waals surface area contributed by atoms with Gasteiger partial charge in [-0.1, -0.05) is 6.92 Å². The fourth-order valence-corrected chi connectivity index (χ4v) is 2.52. The summed E-state index contributed by atoms with van der Waals surface area (Å²) in [5, 5.41) is 3.33. The van der Waals surface area contributed by atoms with Gasteiger partial charge in [-0.3, -0.25) is 4.90 Å². The van der Waals surface area contributed by atoms with Gasteiger partial charge in [0.25, 0.3) is 0 Å². The summed E-state index contributed by atoms with van der Waals surface area (Å²) in [4.78, 5) is 6.89. The molecule has 0 saturated carbocycles. The third-order valence-corrected chi connectivity index (χ3v) is 3.49. The van der Waals surface area contributed by atoms with Crippen LogP contribution < -0.4 is 10.1 Å². The summed E-state index contributed by atoms with van der Waals surface area (Å²) in [5.41, 5.74) is 2.23. The molecule has 0 amide bonds. The van der Waals surface area contributed by atoms with Gasteiger partial charge in [-0.2, -0.15) is 0 Å². The number of nitrogens with one attached hydrogen (secondary N) is 1. The van der Waals surface area contributed by atoms with E-state index in [-0.39, 0.29) is 0 Å². The minimum absolute atomic E-state index is 0.531. The second-order valence-corrected chi connectivity index (χ2v) is 6.01. The van der Waals surface area contributed by atoms with Crippen molar-refractivity contribution in [3.8, 4) is 5.88 Å². The van der Waals surface area contributed by atoms with Gasteiger partial charge in [0.1, 0.15) is 6.61 Å². The first-order chi connectivity index (χ1) is 9.93. The van der Waals surface area contributed by atoms with Gasteiger partial charge in [-0.25, -0.2) is 4.98 Å². The Labute approximate surface area is 129 Å². The van der Waals surface area contributed by atoms with E-state index in [0.29, 0.717) is 18.7 Å². The molecule has 0 aliphatic carbocycles. The van der Waals surface area contributed by atoms with Gasteiger partial charge in [-0.05, 0) is 52.8 Å². The Morgan fingerprint density at radius 2 is 1.86 bits per heavy atom. The first-order valence-corrected chi connectivity index (χ1v) is 8.00. The van der Waals surface area contributed by atoms with Crippen LogP contribution in [0.5, 0.6) is 5.88 Å². The van der Waals surface area contributed by atoms with Crippen LogP contribution in [0.1, 0.15) is 45.9 Å². The maximum absolute atomic E-state index is 5.86. The number of hydrogen-bond donors (Lipinski definition) is 1. The maximum atomic E-state index is 5.86. The quantitative estimate of drug-likeness (QED) is 0.759. The molecule has 0 unspecified atom stereocenters. The van der Waals surface area contributed by atoms with Crippen molar-refractivity contribution in [1.82, 2.24) is 15.2 Å². The van der Waals surface area contributed by atoms with Crippen LogP contribution in [0.4, 0.5) is 0 Å². The number of hydrogen-bond acceptors (Lipinski definition) is 4. The number of rotatable bonds is 9. The zero-order valence-corrected chi connectivity index (χ0v) is 14.4. The number of nitrogens with zero attached hydrogens (tertiary/aromatic N) is 2. The van der Waals surface area contributed by atoms with Crippen LogP contribution in [0.15, 0.2) is 12.1 Å². The van der Waals surface area contributed by atoms with Gasteiger partial charge >= 0.3 is 0 Å². The number of pyridine rings is 1. The van der Waals surface area contributed by atoms with Crippen molar-refractivity contribution >= 4 is 0 Å². The Bertz CT molecular complexity index is 410. The standard InChI is InChI=1S/C17H31N3O/c1-7-18-12-16-10-15(6)19-17(11-16)21-9-8-20(13(2)3)14(4)5/h10-11,13-14,18H,7-9,12H2,1-6H3. The van der Waals surface area contributed by atoms with Crippen molar-refractivity contribution in [2.45, 2.75) is 60.2 Å². The SMILES string of the molecule is CCNCc1cc(C)nc(OCCN(C(C)C)C(C)C)c1. The van der Waals surface area contributed by atoms with Crippen molar-refractivity contribution in [2.24, 2.45) is 0 Å². The van der Waals surface area contributed by atoms with Crippen LogP contribution in [0.25, 0.3) is 0 Å². The van der Waals surface area contributed by atoms with Crippen molar-refractivity contribution < 1.29 is 4.74 Å². The summed E-state index contributed by atoms with van der Waals surface area (Å²) >= 11 is 0. The molecule has 1 aromatic rings. The molecule has 0 fully saturated rings. The molecule has 0 radical (unpaired) electrons. The lowest BCUT2D eigenvalue weighted by atomic mass is 10.2. The smallest absolute Gasteiger partial charge is 0.213 e. The summed E-state index contributed by atoms with van der Waals surface area (Å²) in [6.45, 7) is 16.4. The molecule has 0 atom stereocenters. The van der Waals surface area contributed by atoms with E-state index in [9.17, 15) is 0 Å². The molecule has 1 aromatic heterocycles. The van der Waals surface area contributed by atoms with E-state index in [0.717, 1.165) is 31.2 Å². The fraction of sp³-hybridized carbons (Fsp3) is 0.706. The topological polar surface area (TPSA) is 37.4 Å². The highest BCUT2D eigenvalue weighted by atomic mass is 16.5. The van der Waals surface area contributed by atoms with Gasteiger partial charge in [-0.15, -0.1) is 0 Å². The fourth-order valence-electron chi connectivity index (χ4n) is 2.52. The minimum Gasteiger partial charge on any atom is -0.476 e. The van der Waals surface area contributed by atoms with E-state index in [1.54, 1.807) is 0 Å². The molecule has 1 N–H and O–H groups in total. The van der Waals surface area contributed by atoms with Crippen LogP contribution >= 0.6 is 0 Å². The van der Waals surface area contributed by atoms with E-state index in [4.69, 9.17) is 4.74 Å². The molecule has 4 heteroatoms. The molecule has 0 spiro atoms. The van der Waals surface area contributed by atoms with E-state index in [1.165, 1.54) is 5.56 Å². The van der Waals surface area contributed by atoms with Crippen LogP contribution in [0.2, 0.25) is 0 Å². The predicted octanol–water partition coefficient (Wildman–Crippen LogP) is 3.00. The van der Waals surface area contributed by atoms with E-state index >= 15 is 0 Å². The maximum Gasteiger partial charge on any atom is 0.213 e. The Hall–Kier alpha value is -1.13. The first-order valence-electron chi connectivity index (χ1n) is 8.00.